The molecule has 2 heterocycles. The predicted molar refractivity (Wildman–Crippen MR) is 148 cm³/mol. The molecule has 0 aromatic heterocycles. The Kier molecular flexibility index (Phi) is 19.2. The highest BCUT2D eigenvalue weighted by Gasteiger charge is 2.45. The van der Waals surface area contributed by atoms with Crippen molar-refractivity contribution >= 4 is 27.6 Å². The molecule has 2 aliphatic rings. The summed E-state index contributed by atoms with van der Waals surface area (Å²) in [4.78, 5) is 23.2. The minimum absolute atomic E-state index is 0. The van der Waals surface area contributed by atoms with Gasteiger partial charge in [0.1, 0.15) is 34.0 Å². The molecule has 39 heavy (non-hydrogen) atoms. The lowest BCUT2D eigenvalue weighted by molar-refractivity contribution is -0.161. The maximum absolute atomic E-state index is 12.0. The third kappa shape index (κ3) is 12.5. The van der Waals surface area contributed by atoms with Crippen molar-refractivity contribution in [3.05, 3.63) is 0 Å². The average Bonchev–Trinajstić information content (AvgIpc) is 3.32. The number of carbonyl (C=O) groups excluding carboxylic acids is 2. The summed E-state index contributed by atoms with van der Waals surface area (Å²) in [6.07, 6.45) is -1.66. The molecule has 0 aromatic rings. The van der Waals surface area contributed by atoms with Crippen LogP contribution in [0, 0.1) is 0 Å². The van der Waals surface area contributed by atoms with Crippen LogP contribution < -0.4 is 5.32 Å². The molecule has 2 saturated heterocycles. The molecular weight excluding hydrogens is 508 g/mol. The van der Waals surface area contributed by atoms with Gasteiger partial charge in [-0.15, -0.1) is 0 Å². The first-order chi connectivity index (χ1) is 18.0. The summed E-state index contributed by atoms with van der Waals surface area (Å²) in [5, 5.41) is 12.3. The molecule has 2 N–H and O–H groups in total. The molecule has 1 amide bonds. The Bertz CT molecular complexity index is 691. The molecule has 2 rings (SSSR count). The number of rotatable bonds is 14. The van der Waals surface area contributed by atoms with Gasteiger partial charge in [-0.3, -0.25) is 9.59 Å². The highest BCUT2D eigenvalue weighted by atomic mass is 16.6. The van der Waals surface area contributed by atoms with Gasteiger partial charge in [0.2, 0.25) is 5.91 Å². The number of hydrogen-bond donors (Lipinski definition) is 2. The summed E-state index contributed by atoms with van der Waals surface area (Å²) in [5.74, 6) is -0.683. The first-order valence-electron chi connectivity index (χ1n) is 13.2. The van der Waals surface area contributed by atoms with Crippen LogP contribution in [-0.4, -0.2) is 128 Å². The number of carbonyl (C=O) groups is 2. The van der Waals surface area contributed by atoms with Gasteiger partial charge in [-0.25, -0.2) is 0 Å². The van der Waals surface area contributed by atoms with E-state index in [1.54, 1.807) is 14.2 Å². The summed E-state index contributed by atoms with van der Waals surface area (Å²) in [7, 11) is 16.4. The SMILES string of the molecule is C.[B][C@@H]1O[C@H](CC)C(O)[C@@H]1OC(C)COC.[B][C@@H]1O[C@H](CC)C(OC(=O)CCC(=O)NC)[C@@H]1OC(C)COC. The van der Waals surface area contributed by atoms with Crippen LogP contribution in [0.15, 0.2) is 0 Å². The molecular formula is C26H49B2NO10. The molecule has 0 saturated carbocycles. The molecule has 4 unspecified atom stereocenters. The van der Waals surface area contributed by atoms with Gasteiger partial charge in [0, 0.05) is 39.7 Å². The third-order valence-electron chi connectivity index (χ3n) is 6.21. The van der Waals surface area contributed by atoms with E-state index in [2.05, 4.69) is 5.32 Å². The average molecular weight is 557 g/mol. The van der Waals surface area contributed by atoms with E-state index >= 15 is 0 Å². The molecule has 4 radical (unpaired) electrons. The lowest BCUT2D eigenvalue weighted by atomic mass is 9.92. The molecule has 2 aliphatic heterocycles. The summed E-state index contributed by atoms with van der Waals surface area (Å²) in [5.41, 5.74) is 0. The lowest BCUT2D eigenvalue weighted by Crippen LogP contribution is -2.41. The number of esters is 1. The van der Waals surface area contributed by atoms with E-state index in [1.165, 1.54) is 7.05 Å². The topological polar surface area (TPSA) is 131 Å². The van der Waals surface area contributed by atoms with Gasteiger partial charge >= 0.3 is 5.97 Å². The van der Waals surface area contributed by atoms with Gasteiger partial charge in [-0.2, -0.15) is 0 Å². The minimum atomic E-state index is -0.670. The minimum Gasteiger partial charge on any atom is -0.457 e. The van der Waals surface area contributed by atoms with Gasteiger partial charge in [0.05, 0.1) is 44.1 Å². The zero-order valence-corrected chi connectivity index (χ0v) is 23.8. The van der Waals surface area contributed by atoms with Gasteiger partial charge < -0.3 is 43.6 Å². The largest absolute Gasteiger partial charge is 0.457 e. The molecule has 0 aromatic carbocycles. The second-order valence-electron chi connectivity index (χ2n) is 9.45. The lowest BCUT2D eigenvalue weighted by Gasteiger charge is -2.26. The van der Waals surface area contributed by atoms with Crippen molar-refractivity contribution in [2.24, 2.45) is 0 Å². The monoisotopic (exact) mass is 557 g/mol. The molecule has 0 aliphatic carbocycles. The van der Waals surface area contributed by atoms with Crippen molar-refractivity contribution in [2.45, 2.75) is 122 Å². The zero-order valence-electron chi connectivity index (χ0n) is 23.8. The van der Waals surface area contributed by atoms with Crippen LogP contribution >= 0.6 is 0 Å². The van der Waals surface area contributed by atoms with Crippen molar-refractivity contribution in [1.82, 2.24) is 5.32 Å². The molecule has 11 nitrogen and oxygen atoms in total. The van der Waals surface area contributed by atoms with E-state index in [0.717, 1.165) is 6.42 Å². The quantitative estimate of drug-likeness (QED) is 0.234. The van der Waals surface area contributed by atoms with E-state index in [9.17, 15) is 14.7 Å². The number of aliphatic hydroxyl groups excluding tert-OH is 1. The first kappa shape index (κ1) is 37.8. The van der Waals surface area contributed by atoms with Crippen LogP contribution in [0.3, 0.4) is 0 Å². The fraction of sp³-hybridized carbons (Fsp3) is 0.923. The fourth-order valence-electron chi connectivity index (χ4n) is 4.28. The predicted octanol–water partition coefficient (Wildman–Crippen LogP) is 0.855. The Morgan fingerprint density at radius 2 is 1.36 bits per heavy atom. The second-order valence-corrected chi connectivity index (χ2v) is 9.45. The first-order valence-corrected chi connectivity index (χ1v) is 13.2. The Labute approximate surface area is 237 Å². The summed E-state index contributed by atoms with van der Waals surface area (Å²) < 4.78 is 37.9. The van der Waals surface area contributed by atoms with Crippen molar-refractivity contribution in [3.63, 3.8) is 0 Å². The van der Waals surface area contributed by atoms with Crippen LogP contribution in [0.25, 0.3) is 0 Å². The highest BCUT2D eigenvalue weighted by molar-refractivity contribution is 6.12. The van der Waals surface area contributed by atoms with E-state index < -0.39 is 42.4 Å². The number of nitrogens with one attached hydrogen (secondary N) is 1. The Balaban J connectivity index is 0.000000784. The normalized spacial score (nSPS) is 31.4. The summed E-state index contributed by atoms with van der Waals surface area (Å²) in [6.45, 7) is 8.47. The number of hydrogen-bond acceptors (Lipinski definition) is 10. The van der Waals surface area contributed by atoms with E-state index in [0.29, 0.717) is 19.6 Å². The highest BCUT2D eigenvalue weighted by Crippen LogP contribution is 2.28. The van der Waals surface area contributed by atoms with Crippen molar-refractivity contribution in [1.29, 1.82) is 0 Å². The van der Waals surface area contributed by atoms with Gasteiger partial charge in [0.15, 0.2) is 6.10 Å². The zero-order chi connectivity index (χ0) is 28.8. The van der Waals surface area contributed by atoms with Crippen LogP contribution in [-0.2, 0) is 42.7 Å². The summed E-state index contributed by atoms with van der Waals surface area (Å²) >= 11 is 0. The van der Waals surface area contributed by atoms with Crippen LogP contribution in [0.4, 0.5) is 0 Å². The van der Waals surface area contributed by atoms with Gasteiger partial charge in [-0.05, 0) is 26.7 Å². The third-order valence-corrected chi connectivity index (χ3v) is 6.21. The molecule has 0 spiro atoms. The van der Waals surface area contributed by atoms with E-state index in [1.807, 2.05) is 27.7 Å². The molecule has 13 heteroatoms. The number of aliphatic hydroxyl groups is 1. The summed E-state index contributed by atoms with van der Waals surface area (Å²) in [6, 6.07) is -1.22. The van der Waals surface area contributed by atoms with Gasteiger partial charge in [0.25, 0.3) is 0 Å². The molecule has 10 atom stereocenters. The standard InChI is InChI=1S/C15H26BNO6.C10H19BO4.CH4/c1-5-10-13(23-12(19)7-6-11(18)17-3)14(15(16)22-10)21-9(2)8-20-4;1-4-7-8(12)9(10(11)15-7)14-6(2)5-13-3;/h9-10,13-15H,5-8H2,1-4H3,(H,17,18);6-10,12H,4-5H2,1-3H3;1H4/t9?,10-,13?,14+,15-;6?,7-,8?,9+,10-;/m11./s1. The van der Waals surface area contributed by atoms with Crippen molar-refractivity contribution in [2.75, 3.05) is 34.5 Å². The smallest absolute Gasteiger partial charge is 0.306 e. The number of ether oxygens (including phenoxy) is 7. The van der Waals surface area contributed by atoms with Crippen molar-refractivity contribution in [3.8, 4) is 0 Å². The fourth-order valence-corrected chi connectivity index (χ4v) is 4.28. The molecule has 2 fully saturated rings. The van der Waals surface area contributed by atoms with Crippen LogP contribution in [0.5, 0.6) is 0 Å². The Morgan fingerprint density at radius 3 is 1.82 bits per heavy atom. The Hall–Kier alpha value is -1.21. The van der Waals surface area contributed by atoms with Crippen molar-refractivity contribution < 1.29 is 47.9 Å². The van der Waals surface area contributed by atoms with E-state index in [-0.39, 0.29) is 50.6 Å². The van der Waals surface area contributed by atoms with Gasteiger partial charge in [-0.1, -0.05) is 21.3 Å². The number of methoxy groups -OCH3 is 2. The molecule has 224 valence electrons. The van der Waals surface area contributed by atoms with E-state index in [4.69, 9.17) is 48.9 Å². The maximum atomic E-state index is 12.0. The maximum Gasteiger partial charge on any atom is 0.306 e. The number of amides is 1. The van der Waals surface area contributed by atoms with Crippen LogP contribution in [0.2, 0.25) is 0 Å². The second kappa shape index (κ2) is 19.8. The van der Waals surface area contributed by atoms with Crippen LogP contribution in [0.1, 0.15) is 60.8 Å². The Morgan fingerprint density at radius 1 is 0.872 bits per heavy atom. The molecule has 0 bridgehead atoms.